The predicted octanol–water partition coefficient (Wildman–Crippen LogP) is 2.76. The van der Waals surface area contributed by atoms with Crippen LogP contribution in [-0.2, 0) is 6.42 Å². The largest absolute Gasteiger partial charge is 0.314 e. The molecule has 78 valence electrons. The molecule has 0 spiro atoms. The second kappa shape index (κ2) is 5.76. The SMILES string of the molecule is CCC(C)NCCc1cccc(F)c1. The van der Waals surface area contributed by atoms with Crippen LogP contribution in [0.5, 0.6) is 0 Å². The summed E-state index contributed by atoms with van der Waals surface area (Å²) in [5.41, 5.74) is 1.06. The Bertz CT molecular complexity index is 273. The first kappa shape index (κ1) is 11.2. The fraction of sp³-hybridized carbons (Fsp3) is 0.500. The summed E-state index contributed by atoms with van der Waals surface area (Å²) in [5.74, 6) is -0.147. The van der Waals surface area contributed by atoms with Gasteiger partial charge in [-0.05, 0) is 44.0 Å². The van der Waals surface area contributed by atoms with Crippen LogP contribution in [0.4, 0.5) is 4.39 Å². The van der Waals surface area contributed by atoms with Gasteiger partial charge in [0.25, 0.3) is 0 Å². The number of hydrogen-bond donors (Lipinski definition) is 1. The van der Waals surface area contributed by atoms with Gasteiger partial charge in [0.05, 0.1) is 0 Å². The van der Waals surface area contributed by atoms with Crippen molar-refractivity contribution < 1.29 is 4.39 Å². The van der Waals surface area contributed by atoms with Crippen molar-refractivity contribution in [1.82, 2.24) is 5.32 Å². The Morgan fingerprint density at radius 1 is 1.43 bits per heavy atom. The summed E-state index contributed by atoms with van der Waals surface area (Å²) >= 11 is 0. The average Bonchev–Trinajstić information content (AvgIpc) is 2.17. The molecule has 0 saturated heterocycles. The minimum absolute atomic E-state index is 0.147. The molecule has 1 nitrogen and oxygen atoms in total. The molecule has 0 bridgehead atoms. The quantitative estimate of drug-likeness (QED) is 0.761. The van der Waals surface area contributed by atoms with Gasteiger partial charge in [0.15, 0.2) is 0 Å². The lowest BCUT2D eigenvalue weighted by molar-refractivity contribution is 0.536. The molecule has 1 aromatic carbocycles. The maximum Gasteiger partial charge on any atom is 0.123 e. The molecule has 1 N–H and O–H groups in total. The molecule has 0 heterocycles. The van der Waals surface area contributed by atoms with Gasteiger partial charge < -0.3 is 5.32 Å². The lowest BCUT2D eigenvalue weighted by Gasteiger charge is -2.10. The van der Waals surface area contributed by atoms with Gasteiger partial charge >= 0.3 is 0 Å². The zero-order valence-corrected chi connectivity index (χ0v) is 8.89. The van der Waals surface area contributed by atoms with Crippen molar-refractivity contribution in [2.75, 3.05) is 6.54 Å². The van der Waals surface area contributed by atoms with Crippen molar-refractivity contribution in [2.24, 2.45) is 0 Å². The van der Waals surface area contributed by atoms with E-state index in [-0.39, 0.29) is 5.82 Å². The molecule has 0 amide bonds. The number of benzene rings is 1. The third-order valence-electron chi connectivity index (χ3n) is 2.41. The van der Waals surface area contributed by atoms with E-state index in [4.69, 9.17) is 0 Å². The van der Waals surface area contributed by atoms with Crippen LogP contribution in [0, 0.1) is 5.82 Å². The summed E-state index contributed by atoms with van der Waals surface area (Å²) in [6, 6.07) is 7.34. The van der Waals surface area contributed by atoms with E-state index in [1.807, 2.05) is 6.07 Å². The number of hydrogen-bond acceptors (Lipinski definition) is 1. The molecule has 0 aliphatic rings. The Morgan fingerprint density at radius 3 is 2.86 bits per heavy atom. The van der Waals surface area contributed by atoms with Gasteiger partial charge in [-0.1, -0.05) is 19.1 Å². The van der Waals surface area contributed by atoms with Gasteiger partial charge in [-0.3, -0.25) is 0 Å². The molecule has 0 saturated carbocycles. The Hall–Kier alpha value is -0.890. The summed E-state index contributed by atoms with van der Waals surface area (Å²) in [6.07, 6.45) is 2.02. The van der Waals surface area contributed by atoms with Crippen molar-refractivity contribution >= 4 is 0 Å². The lowest BCUT2D eigenvalue weighted by atomic mass is 10.1. The third-order valence-corrected chi connectivity index (χ3v) is 2.41. The number of rotatable bonds is 5. The van der Waals surface area contributed by atoms with Crippen LogP contribution in [0.2, 0.25) is 0 Å². The normalized spacial score (nSPS) is 12.8. The molecular formula is C12H18FN. The highest BCUT2D eigenvalue weighted by Gasteiger charge is 1.98. The van der Waals surface area contributed by atoms with E-state index in [0.29, 0.717) is 6.04 Å². The molecule has 1 unspecified atom stereocenters. The maximum absolute atomic E-state index is 12.8. The lowest BCUT2D eigenvalue weighted by Crippen LogP contribution is -2.27. The van der Waals surface area contributed by atoms with E-state index in [9.17, 15) is 4.39 Å². The molecule has 0 aliphatic carbocycles. The molecule has 0 aromatic heterocycles. The minimum atomic E-state index is -0.147. The van der Waals surface area contributed by atoms with E-state index >= 15 is 0 Å². The van der Waals surface area contributed by atoms with Gasteiger partial charge in [0.1, 0.15) is 5.82 Å². The summed E-state index contributed by atoms with van der Waals surface area (Å²) in [4.78, 5) is 0. The monoisotopic (exact) mass is 195 g/mol. The van der Waals surface area contributed by atoms with E-state index in [1.54, 1.807) is 12.1 Å². The topological polar surface area (TPSA) is 12.0 Å². The summed E-state index contributed by atoms with van der Waals surface area (Å²) in [5, 5.41) is 3.38. The second-order valence-corrected chi connectivity index (χ2v) is 3.64. The van der Waals surface area contributed by atoms with E-state index in [1.165, 1.54) is 6.07 Å². The highest BCUT2D eigenvalue weighted by Crippen LogP contribution is 2.03. The van der Waals surface area contributed by atoms with Gasteiger partial charge in [0, 0.05) is 6.04 Å². The molecular weight excluding hydrogens is 177 g/mol. The van der Waals surface area contributed by atoms with Crippen LogP contribution in [0.1, 0.15) is 25.8 Å². The molecule has 1 aromatic rings. The first-order chi connectivity index (χ1) is 6.72. The Morgan fingerprint density at radius 2 is 2.21 bits per heavy atom. The summed E-state index contributed by atoms with van der Waals surface area (Å²) in [7, 11) is 0. The molecule has 1 rings (SSSR count). The van der Waals surface area contributed by atoms with Gasteiger partial charge in [-0.25, -0.2) is 4.39 Å². The molecule has 0 fully saturated rings. The molecule has 0 aliphatic heterocycles. The highest BCUT2D eigenvalue weighted by molar-refractivity contribution is 5.16. The summed E-state index contributed by atoms with van der Waals surface area (Å²) < 4.78 is 12.8. The van der Waals surface area contributed by atoms with Crippen molar-refractivity contribution in [3.8, 4) is 0 Å². The van der Waals surface area contributed by atoms with E-state index < -0.39 is 0 Å². The van der Waals surface area contributed by atoms with Crippen LogP contribution in [0.15, 0.2) is 24.3 Å². The Labute approximate surface area is 85.3 Å². The van der Waals surface area contributed by atoms with Crippen molar-refractivity contribution in [3.05, 3.63) is 35.6 Å². The number of halogens is 1. The fourth-order valence-corrected chi connectivity index (χ4v) is 1.30. The highest BCUT2D eigenvalue weighted by atomic mass is 19.1. The van der Waals surface area contributed by atoms with Gasteiger partial charge in [-0.15, -0.1) is 0 Å². The first-order valence-corrected chi connectivity index (χ1v) is 5.20. The predicted molar refractivity (Wildman–Crippen MR) is 57.9 cm³/mol. The Kier molecular flexibility index (Phi) is 4.60. The third kappa shape index (κ3) is 3.88. The van der Waals surface area contributed by atoms with Crippen LogP contribution < -0.4 is 5.32 Å². The fourth-order valence-electron chi connectivity index (χ4n) is 1.30. The minimum Gasteiger partial charge on any atom is -0.314 e. The molecule has 2 heteroatoms. The van der Waals surface area contributed by atoms with Crippen molar-refractivity contribution in [3.63, 3.8) is 0 Å². The van der Waals surface area contributed by atoms with Gasteiger partial charge in [-0.2, -0.15) is 0 Å². The Balaban J connectivity index is 2.31. The zero-order chi connectivity index (χ0) is 10.4. The molecule has 14 heavy (non-hydrogen) atoms. The van der Waals surface area contributed by atoms with Crippen LogP contribution >= 0.6 is 0 Å². The van der Waals surface area contributed by atoms with Crippen molar-refractivity contribution in [1.29, 1.82) is 0 Å². The van der Waals surface area contributed by atoms with Gasteiger partial charge in [0.2, 0.25) is 0 Å². The average molecular weight is 195 g/mol. The van der Waals surface area contributed by atoms with E-state index in [2.05, 4.69) is 19.2 Å². The van der Waals surface area contributed by atoms with Crippen LogP contribution in [0.3, 0.4) is 0 Å². The second-order valence-electron chi connectivity index (χ2n) is 3.64. The molecule has 1 atom stereocenters. The summed E-state index contributed by atoms with van der Waals surface area (Å²) in [6.45, 7) is 5.23. The van der Waals surface area contributed by atoms with Crippen molar-refractivity contribution in [2.45, 2.75) is 32.7 Å². The standard InChI is InChI=1S/C12H18FN/c1-3-10(2)14-8-7-11-5-4-6-12(13)9-11/h4-6,9-10,14H,3,7-8H2,1-2H3. The van der Waals surface area contributed by atoms with E-state index in [0.717, 1.165) is 24.9 Å². The number of nitrogens with one attached hydrogen (secondary N) is 1. The zero-order valence-electron chi connectivity index (χ0n) is 8.89. The molecule has 0 radical (unpaired) electrons. The first-order valence-electron chi connectivity index (χ1n) is 5.20. The van der Waals surface area contributed by atoms with Crippen LogP contribution in [-0.4, -0.2) is 12.6 Å². The smallest absolute Gasteiger partial charge is 0.123 e. The van der Waals surface area contributed by atoms with Crippen LogP contribution in [0.25, 0.3) is 0 Å². The maximum atomic E-state index is 12.8.